The lowest BCUT2D eigenvalue weighted by atomic mass is 10.2. The quantitative estimate of drug-likeness (QED) is 0.505. The smallest absolute Gasteiger partial charge is 0.300 e. The lowest BCUT2D eigenvalue weighted by molar-refractivity contribution is 0.0521. The van der Waals surface area contributed by atoms with Gasteiger partial charge in [0, 0.05) is 0 Å². The highest BCUT2D eigenvalue weighted by Crippen LogP contribution is 2.37. The van der Waals surface area contributed by atoms with E-state index in [1.54, 1.807) is 6.26 Å². The van der Waals surface area contributed by atoms with E-state index < -0.39 is 16.6 Å². The molecule has 0 aliphatic carbocycles. The second kappa shape index (κ2) is 6.35. The van der Waals surface area contributed by atoms with Gasteiger partial charge in [0.15, 0.2) is 0 Å². The molecule has 0 aromatic heterocycles. The molecule has 0 heterocycles. The summed E-state index contributed by atoms with van der Waals surface area (Å²) < 4.78 is 17.7. The average Bonchev–Trinajstić information content (AvgIpc) is 2.09. The zero-order chi connectivity index (χ0) is 15.5. The number of rotatable bonds is 6. The summed E-state index contributed by atoms with van der Waals surface area (Å²) in [5.41, 5.74) is 0. The van der Waals surface area contributed by atoms with Crippen molar-refractivity contribution in [3.8, 4) is 0 Å². The largest absolute Gasteiger partial charge is 0.544 e. The van der Waals surface area contributed by atoms with Crippen LogP contribution in [0, 0.1) is 0 Å². The maximum Gasteiger partial charge on any atom is 0.300 e. The standard InChI is InChI=1S/C14H32O3Si2/c1-12(2)16-13(17-18(6,7)8)11-15-19(9,10)14(3,4)5/h11-12H,1-10H3/b13-11+. The Balaban J connectivity index is 4.92. The highest BCUT2D eigenvalue weighted by Gasteiger charge is 2.38. The van der Waals surface area contributed by atoms with Crippen molar-refractivity contribution in [1.82, 2.24) is 0 Å². The first-order valence-electron chi connectivity index (χ1n) is 6.98. The second-order valence-electron chi connectivity index (χ2n) is 7.70. The van der Waals surface area contributed by atoms with E-state index >= 15 is 0 Å². The van der Waals surface area contributed by atoms with Crippen LogP contribution in [0.1, 0.15) is 34.6 Å². The summed E-state index contributed by atoms with van der Waals surface area (Å²) in [4.78, 5) is 0. The Morgan fingerprint density at radius 2 is 1.47 bits per heavy atom. The van der Waals surface area contributed by atoms with E-state index in [0.717, 1.165) is 0 Å². The summed E-state index contributed by atoms with van der Waals surface area (Å²) in [6.07, 6.45) is 1.78. The van der Waals surface area contributed by atoms with Gasteiger partial charge in [0.2, 0.25) is 16.6 Å². The molecule has 0 saturated carbocycles. The molecule has 0 aromatic rings. The lowest BCUT2D eigenvalue weighted by Crippen LogP contribution is -2.39. The third-order valence-electron chi connectivity index (χ3n) is 3.01. The van der Waals surface area contributed by atoms with Gasteiger partial charge in [-0.3, -0.25) is 0 Å². The van der Waals surface area contributed by atoms with Gasteiger partial charge in [0.05, 0.1) is 6.10 Å². The molecule has 0 saturated heterocycles. The number of ether oxygens (including phenoxy) is 1. The Kier molecular flexibility index (Phi) is 6.21. The maximum atomic E-state index is 6.05. The predicted octanol–water partition coefficient (Wildman–Crippen LogP) is 5.08. The van der Waals surface area contributed by atoms with Gasteiger partial charge in [0.1, 0.15) is 6.26 Å². The first kappa shape index (κ1) is 18.6. The molecule has 0 aromatic carbocycles. The van der Waals surface area contributed by atoms with E-state index in [1.807, 2.05) is 13.8 Å². The molecule has 0 aliphatic rings. The number of hydrogen-bond donors (Lipinski definition) is 0. The summed E-state index contributed by atoms with van der Waals surface area (Å²) in [5.74, 6) is 0.527. The third-order valence-corrected chi connectivity index (χ3v) is 8.15. The van der Waals surface area contributed by atoms with Crippen LogP contribution in [0.3, 0.4) is 0 Å². The Hall–Kier alpha value is -0.426. The van der Waals surface area contributed by atoms with Crippen LogP contribution in [0.4, 0.5) is 0 Å². The molecule has 0 radical (unpaired) electrons. The topological polar surface area (TPSA) is 27.7 Å². The predicted molar refractivity (Wildman–Crippen MR) is 87.0 cm³/mol. The molecule has 0 unspecified atom stereocenters. The molecule has 0 atom stereocenters. The van der Waals surface area contributed by atoms with Gasteiger partial charge in [-0.1, -0.05) is 20.8 Å². The summed E-state index contributed by atoms with van der Waals surface area (Å²) in [6, 6.07) is 0. The summed E-state index contributed by atoms with van der Waals surface area (Å²) in [5, 5.41) is 0.172. The Morgan fingerprint density at radius 1 is 1.00 bits per heavy atom. The van der Waals surface area contributed by atoms with Crippen molar-refractivity contribution in [2.45, 2.75) is 78.5 Å². The molecule has 0 rings (SSSR count). The Labute approximate surface area is 121 Å². The van der Waals surface area contributed by atoms with E-state index in [9.17, 15) is 0 Å². The molecule has 0 spiro atoms. The van der Waals surface area contributed by atoms with E-state index in [4.69, 9.17) is 13.6 Å². The first-order chi connectivity index (χ1) is 8.24. The minimum absolute atomic E-state index is 0.0885. The molecule has 0 amide bonds. The molecule has 0 N–H and O–H groups in total. The van der Waals surface area contributed by atoms with Gasteiger partial charge in [-0.05, 0) is 51.6 Å². The summed E-state index contributed by atoms with van der Waals surface area (Å²) >= 11 is 0. The molecule has 19 heavy (non-hydrogen) atoms. The van der Waals surface area contributed by atoms with E-state index in [-0.39, 0.29) is 11.1 Å². The fourth-order valence-corrected chi connectivity index (χ4v) is 2.43. The molecule has 5 heteroatoms. The highest BCUT2D eigenvalue weighted by molar-refractivity contribution is 6.74. The monoisotopic (exact) mass is 304 g/mol. The molecule has 0 bridgehead atoms. The first-order valence-corrected chi connectivity index (χ1v) is 13.3. The van der Waals surface area contributed by atoms with Crippen molar-refractivity contribution in [2.75, 3.05) is 0 Å². The Morgan fingerprint density at radius 3 is 1.79 bits per heavy atom. The van der Waals surface area contributed by atoms with Crippen molar-refractivity contribution in [3.05, 3.63) is 12.2 Å². The molecular weight excluding hydrogens is 272 g/mol. The minimum Gasteiger partial charge on any atom is -0.544 e. The second-order valence-corrected chi connectivity index (χ2v) is 16.9. The summed E-state index contributed by atoms with van der Waals surface area (Å²) in [6.45, 7) is 21.5. The molecule has 0 fully saturated rings. The van der Waals surface area contributed by atoms with Gasteiger partial charge in [-0.15, -0.1) is 0 Å². The lowest BCUT2D eigenvalue weighted by Gasteiger charge is -2.35. The van der Waals surface area contributed by atoms with Crippen LogP contribution in [0.2, 0.25) is 37.8 Å². The maximum absolute atomic E-state index is 6.05. The van der Waals surface area contributed by atoms with Crippen molar-refractivity contribution in [1.29, 1.82) is 0 Å². The van der Waals surface area contributed by atoms with Crippen molar-refractivity contribution in [2.24, 2.45) is 0 Å². The third kappa shape index (κ3) is 7.67. The van der Waals surface area contributed by atoms with Crippen LogP contribution in [0.5, 0.6) is 0 Å². The van der Waals surface area contributed by atoms with Crippen molar-refractivity contribution < 1.29 is 13.6 Å². The van der Waals surface area contributed by atoms with Gasteiger partial charge >= 0.3 is 0 Å². The van der Waals surface area contributed by atoms with Crippen LogP contribution < -0.4 is 0 Å². The van der Waals surface area contributed by atoms with Crippen molar-refractivity contribution in [3.63, 3.8) is 0 Å². The summed E-state index contributed by atoms with van der Waals surface area (Å²) in [7, 11) is -3.50. The fourth-order valence-electron chi connectivity index (χ4n) is 0.982. The van der Waals surface area contributed by atoms with E-state index in [1.165, 1.54) is 0 Å². The SMILES string of the molecule is CC(C)O/C(=C\O[Si](C)(C)C(C)(C)C)O[Si](C)(C)C. The molecule has 3 nitrogen and oxygen atoms in total. The van der Waals surface area contributed by atoms with Crippen LogP contribution in [0.15, 0.2) is 12.2 Å². The fraction of sp³-hybridized carbons (Fsp3) is 0.857. The zero-order valence-electron chi connectivity index (χ0n) is 14.4. The van der Waals surface area contributed by atoms with Gasteiger partial charge in [-0.2, -0.15) is 0 Å². The average molecular weight is 305 g/mol. The van der Waals surface area contributed by atoms with Gasteiger partial charge in [0.25, 0.3) is 5.95 Å². The molecular formula is C14H32O3Si2. The number of hydrogen-bond acceptors (Lipinski definition) is 3. The highest BCUT2D eigenvalue weighted by atomic mass is 28.4. The van der Waals surface area contributed by atoms with E-state index in [0.29, 0.717) is 5.95 Å². The normalized spacial score (nSPS) is 14.6. The van der Waals surface area contributed by atoms with Crippen LogP contribution >= 0.6 is 0 Å². The molecule has 114 valence electrons. The zero-order valence-corrected chi connectivity index (χ0v) is 16.4. The van der Waals surface area contributed by atoms with Crippen LogP contribution in [-0.4, -0.2) is 22.7 Å². The minimum atomic E-state index is -1.82. The Bertz CT molecular complexity index is 310. The molecule has 0 aliphatic heterocycles. The van der Waals surface area contributed by atoms with Gasteiger partial charge < -0.3 is 13.6 Å². The van der Waals surface area contributed by atoms with Crippen LogP contribution in [-0.2, 0) is 13.6 Å². The van der Waals surface area contributed by atoms with E-state index in [2.05, 4.69) is 53.5 Å². The van der Waals surface area contributed by atoms with Crippen LogP contribution in [0.25, 0.3) is 0 Å². The van der Waals surface area contributed by atoms with Gasteiger partial charge in [-0.25, -0.2) is 0 Å². The van der Waals surface area contributed by atoms with Crippen molar-refractivity contribution >= 4 is 16.6 Å².